The Kier molecular flexibility index (Phi) is 22.8. The van der Waals surface area contributed by atoms with Crippen molar-refractivity contribution in [1.29, 1.82) is 0 Å². The van der Waals surface area contributed by atoms with Gasteiger partial charge in [-0.2, -0.15) is 0 Å². The van der Waals surface area contributed by atoms with Crippen LogP contribution in [0.5, 0.6) is 0 Å². The Morgan fingerprint density at radius 1 is 1.15 bits per heavy atom. The molecule has 7 heteroatoms. The third-order valence-electron chi connectivity index (χ3n) is 7.77. The van der Waals surface area contributed by atoms with Crippen molar-refractivity contribution in [3.05, 3.63) is 41.0 Å². The fraction of sp³-hybridized carbons (Fsp3) is 0.735. The van der Waals surface area contributed by atoms with Crippen molar-refractivity contribution in [1.82, 2.24) is 5.32 Å². The van der Waals surface area contributed by atoms with E-state index in [1.165, 1.54) is 24.5 Å². The molecule has 240 valence electrons. The van der Waals surface area contributed by atoms with Gasteiger partial charge in [-0.15, -0.1) is 0 Å². The van der Waals surface area contributed by atoms with Crippen molar-refractivity contribution >= 4 is 11.7 Å². The van der Waals surface area contributed by atoms with Gasteiger partial charge in [0.1, 0.15) is 11.9 Å². The zero-order valence-electron chi connectivity index (χ0n) is 28.1. The number of nitrogens with one attached hydrogen (secondary N) is 1. The maximum atomic E-state index is 11.3. The molecule has 1 aromatic carbocycles. The topological polar surface area (TPSA) is 108 Å². The fourth-order valence-electron chi connectivity index (χ4n) is 5.24. The Morgan fingerprint density at radius 2 is 1.73 bits per heavy atom. The van der Waals surface area contributed by atoms with Gasteiger partial charge < -0.3 is 30.1 Å². The number of ether oxygens (including phenoxy) is 2. The number of methoxy groups -OCH3 is 1. The highest BCUT2D eigenvalue weighted by atomic mass is 16.5. The number of aliphatic hydroxyl groups excluding tert-OH is 3. The van der Waals surface area contributed by atoms with Gasteiger partial charge in [0, 0.05) is 26.7 Å². The highest BCUT2D eigenvalue weighted by molar-refractivity contribution is 5.73. The van der Waals surface area contributed by atoms with Crippen molar-refractivity contribution in [2.75, 3.05) is 14.2 Å². The summed E-state index contributed by atoms with van der Waals surface area (Å²) in [7, 11) is 2.57. The number of amides is 1. The molecule has 0 spiro atoms. The van der Waals surface area contributed by atoms with Gasteiger partial charge in [-0.3, -0.25) is 4.79 Å². The molecular formula is C34H63NO6. The number of carbonyl (C=O) groups excluding carboxylic acids is 1. The summed E-state index contributed by atoms with van der Waals surface area (Å²) in [6.45, 7) is 21.8. The molecule has 1 aliphatic rings. The minimum absolute atomic E-state index is 0.0845. The lowest BCUT2D eigenvalue weighted by Crippen LogP contribution is -2.49. The fourth-order valence-corrected chi connectivity index (χ4v) is 5.24. The molecule has 0 aliphatic carbocycles. The van der Waals surface area contributed by atoms with E-state index in [9.17, 15) is 15.0 Å². The molecule has 7 nitrogen and oxygen atoms in total. The molecule has 1 aliphatic heterocycles. The van der Waals surface area contributed by atoms with Crippen LogP contribution in [0, 0.1) is 19.3 Å². The second kappa shape index (κ2) is 22.6. The molecule has 4 N–H and O–H groups in total. The van der Waals surface area contributed by atoms with Crippen LogP contribution in [-0.4, -0.2) is 60.0 Å². The van der Waals surface area contributed by atoms with Gasteiger partial charge in [0.15, 0.2) is 6.23 Å². The number of carbonyl (C=O) groups is 1. The van der Waals surface area contributed by atoms with Crippen LogP contribution in [0.2, 0.25) is 0 Å². The minimum atomic E-state index is -0.463. The van der Waals surface area contributed by atoms with E-state index in [0.717, 1.165) is 56.8 Å². The Morgan fingerprint density at radius 3 is 2.20 bits per heavy atom. The van der Waals surface area contributed by atoms with Crippen molar-refractivity contribution in [2.24, 2.45) is 5.41 Å². The lowest BCUT2D eigenvalue weighted by molar-refractivity contribution is -0.151. The molecule has 0 radical (unpaired) electrons. The predicted octanol–water partition coefficient (Wildman–Crippen LogP) is 7.42. The third-order valence-corrected chi connectivity index (χ3v) is 7.77. The average molecular weight is 582 g/mol. The highest BCUT2D eigenvalue weighted by Gasteiger charge is 2.39. The zero-order valence-corrected chi connectivity index (χ0v) is 28.1. The van der Waals surface area contributed by atoms with Gasteiger partial charge in [-0.25, -0.2) is 0 Å². The van der Waals surface area contributed by atoms with E-state index < -0.39 is 6.23 Å². The molecule has 0 bridgehead atoms. The first kappa shape index (κ1) is 41.2. The molecule has 5 atom stereocenters. The number of aliphatic hydroxyl groups is 3. The van der Waals surface area contributed by atoms with E-state index in [1.54, 1.807) is 7.11 Å². The smallest absolute Gasteiger partial charge is 0.218 e. The van der Waals surface area contributed by atoms with Crippen LogP contribution in [0.15, 0.2) is 18.7 Å². The van der Waals surface area contributed by atoms with Crippen LogP contribution in [0.3, 0.4) is 0 Å². The summed E-state index contributed by atoms with van der Waals surface area (Å²) in [6, 6.07) is 4.16. The maximum absolute atomic E-state index is 11.3. The highest BCUT2D eigenvalue weighted by Crippen LogP contribution is 2.38. The minimum Gasteiger partial charge on any atom is -0.508 e. The number of unbranched alkanes of at least 4 members (excludes halogenated alkanes) is 1. The van der Waals surface area contributed by atoms with E-state index in [0.29, 0.717) is 12.8 Å². The van der Waals surface area contributed by atoms with Crippen molar-refractivity contribution in [2.45, 2.75) is 145 Å². The van der Waals surface area contributed by atoms with Crippen molar-refractivity contribution in [3.63, 3.8) is 0 Å². The Balaban J connectivity index is 0. The summed E-state index contributed by atoms with van der Waals surface area (Å²) in [5, 5.41) is 30.0. The first-order chi connectivity index (χ1) is 19.4. The lowest BCUT2D eigenvalue weighted by Gasteiger charge is -2.42. The third kappa shape index (κ3) is 14.2. The average Bonchev–Trinajstić information content (AvgIpc) is 2.95. The molecule has 1 saturated heterocycles. The zero-order chi connectivity index (χ0) is 32.2. The van der Waals surface area contributed by atoms with Gasteiger partial charge in [-0.05, 0) is 80.9 Å². The van der Waals surface area contributed by atoms with E-state index in [2.05, 4.69) is 52.6 Å². The number of aryl methyl sites for hydroxylation is 2. The number of hydrogen-bond acceptors (Lipinski definition) is 6. The standard InChI is InChI=1S/C17H33NO4.C14H20O.C2H6.CH4O/c1-6-8-13-11-17(4,7-2)15(20)10-9-14(22-13)16(21-5)18-12(3)19;1-5-6-7-13-10(2)8-9-11(3)14(13)12(4)15;2*1-2/h13-16,20H,6-11H2,1-5H3,(H,18,19);8-9,15H,4-7H2,1-3H3;1-2H3;2H,1H3/t13-,14-,15-,16-,17?;;;/m1.../s1. The molecule has 41 heavy (non-hydrogen) atoms. The van der Waals surface area contributed by atoms with Gasteiger partial charge in [-0.1, -0.05) is 73.1 Å². The summed E-state index contributed by atoms with van der Waals surface area (Å²) in [4.78, 5) is 11.3. The second-order valence-corrected chi connectivity index (χ2v) is 10.9. The molecule has 1 heterocycles. The van der Waals surface area contributed by atoms with Crippen LogP contribution in [0.4, 0.5) is 0 Å². The Labute approximate surface area is 251 Å². The van der Waals surface area contributed by atoms with Gasteiger partial charge in [0.05, 0.1) is 12.2 Å². The SMILES string of the molecule is C=C(O)c1c(C)ccc(C)c1CCCC.CC.CCC[C@@H]1CC(C)(CC)[C@H](O)CC[C@H]([C@H](NC(C)=O)OC)O1.CO. The summed E-state index contributed by atoms with van der Waals surface area (Å²) >= 11 is 0. The van der Waals surface area contributed by atoms with Gasteiger partial charge in [0.2, 0.25) is 5.91 Å². The van der Waals surface area contributed by atoms with E-state index in [1.807, 2.05) is 26.8 Å². The van der Waals surface area contributed by atoms with Crippen LogP contribution in [-0.2, 0) is 20.7 Å². The molecule has 1 unspecified atom stereocenters. The summed E-state index contributed by atoms with van der Waals surface area (Å²) < 4.78 is 11.7. The number of benzene rings is 1. The molecule has 0 aromatic heterocycles. The van der Waals surface area contributed by atoms with Gasteiger partial charge >= 0.3 is 0 Å². The first-order valence-electron chi connectivity index (χ1n) is 15.5. The van der Waals surface area contributed by atoms with Crippen LogP contribution in [0.1, 0.15) is 122 Å². The largest absolute Gasteiger partial charge is 0.508 e. The molecule has 1 fully saturated rings. The van der Waals surface area contributed by atoms with Crippen molar-refractivity contribution in [3.8, 4) is 0 Å². The molecule has 2 rings (SSSR count). The Bertz CT molecular complexity index is 858. The summed E-state index contributed by atoms with van der Waals surface area (Å²) in [5.41, 5.74) is 4.45. The van der Waals surface area contributed by atoms with E-state index >= 15 is 0 Å². The normalized spacial score (nSPS) is 22.6. The summed E-state index contributed by atoms with van der Waals surface area (Å²) in [6.07, 6.45) is 7.50. The first-order valence-corrected chi connectivity index (χ1v) is 15.5. The van der Waals surface area contributed by atoms with E-state index in [-0.39, 0.29) is 35.4 Å². The Hall–Kier alpha value is -1.93. The molecule has 1 aromatic rings. The second-order valence-electron chi connectivity index (χ2n) is 10.9. The van der Waals surface area contributed by atoms with Crippen LogP contribution in [0.25, 0.3) is 5.76 Å². The maximum Gasteiger partial charge on any atom is 0.218 e. The molecular weight excluding hydrogens is 518 g/mol. The molecule has 1 amide bonds. The quantitative estimate of drug-likeness (QED) is 0.169. The number of hydrogen-bond donors (Lipinski definition) is 4. The number of rotatable bonds is 10. The van der Waals surface area contributed by atoms with Crippen LogP contribution >= 0.6 is 0 Å². The lowest BCUT2D eigenvalue weighted by atomic mass is 9.73. The van der Waals surface area contributed by atoms with Crippen molar-refractivity contribution < 1.29 is 29.6 Å². The molecule has 0 saturated carbocycles. The van der Waals surface area contributed by atoms with E-state index in [4.69, 9.17) is 14.6 Å². The van der Waals surface area contributed by atoms with Gasteiger partial charge in [0.25, 0.3) is 0 Å². The summed E-state index contributed by atoms with van der Waals surface area (Å²) in [5.74, 6) is 0.0609. The predicted molar refractivity (Wildman–Crippen MR) is 172 cm³/mol. The van der Waals surface area contributed by atoms with Crippen LogP contribution < -0.4 is 5.32 Å². The monoisotopic (exact) mass is 581 g/mol.